The molecule has 0 fully saturated rings. The highest BCUT2D eigenvalue weighted by atomic mass is 32.1. The van der Waals surface area contributed by atoms with Gasteiger partial charge in [0.15, 0.2) is 5.78 Å². The number of rotatable bonds is 14. The molecule has 9 heteroatoms. The van der Waals surface area contributed by atoms with E-state index in [9.17, 15) is 9.36 Å². The molecule has 1 aromatic heterocycles. The van der Waals surface area contributed by atoms with Crippen LogP contribution in [-0.4, -0.2) is 34.3 Å². The number of carbonyl (C=O) groups is 1. The molecular weight excluding hydrogens is 485 g/mol. The fourth-order valence-electron chi connectivity index (χ4n) is 3.56. The lowest BCUT2D eigenvalue weighted by atomic mass is 9.93. The van der Waals surface area contributed by atoms with E-state index in [2.05, 4.69) is 28.8 Å². The Morgan fingerprint density at radius 1 is 1.03 bits per heavy atom. The van der Waals surface area contributed by atoms with E-state index < -0.39 is 20.0 Å². The topological polar surface area (TPSA) is 119 Å². The summed E-state index contributed by atoms with van der Waals surface area (Å²) in [5.74, 6) is 0.377. The summed E-state index contributed by atoms with van der Waals surface area (Å²) < 4.78 is 21.5. The average Bonchev–Trinajstić information content (AvgIpc) is 3.36. The van der Waals surface area contributed by atoms with E-state index in [4.69, 9.17) is 20.3 Å². The molecule has 0 unspecified atom stereocenters. The van der Waals surface area contributed by atoms with Gasteiger partial charge in [-0.15, -0.1) is 11.3 Å². The van der Waals surface area contributed by atoms with Crippen molar-refractivity contribution < 1.29 is 28.4 Å². The molecule has 188 valence electrons. The normalized spacial score (nSPS) is 13.4. The second kappa shape index (κ2) is 12.6. The van der Waals surface area contributed by atoms with E-state index in [-0.39, 0.29) is 12.2 Å². The smallest absolute Gasteiger partial charge is 0.469 e. The number of aryl methyl sites for hydroxylation is 1. The summed E-state index contributed by atoms with van der Waals surface area (Å²) in [5.41, 5.74) is 7.44. The number of unbranched alkanes of at least 4 members (excludes halogenated alkanes) is 2. The van der Waals surface area contributed by atoms with Gasteiger partial charge in [-0.3, -0.25) is 9.32 Å². The number of ketones is 1. The maximum Gasteiger partial charge on any atom is 0.469 e. The van der Waals surface area contributed by atoms with E-state index >= 15 is 0 Å². The Kier molecular flexibility index (Phi) is 9.80. The zero-order valence-electron chi connectivity index (χ0n) is 19.8. The highest BCUT2D eigenvalue weighted by molar-refractivity contribution is 7.46. The summed E-state index contributed by atoms with van der Waals surface area (Å²) in [4.78, 5) is 31.6. The first-order chi connectivity index (χ1) is 16.6. The standard InChI is InChI=1S/C26H32NO6PS/c1-26(27,19-33-34(29,30)31)25(28)18-21-13-14-23(22(17-21)24-12-8-16-35-24)32-15-7-3-6-11-20-9-4-2-5-10-20/h2,4-5,8-10,12-14,16-17H,3,6-7,11,15,18-19,27H2,1H3,(H2,29,30,31)/t26-/m1/s1. The minimum atomic E-state index is -4.71. The minimum Gasteiger partial charge on any atom is -0.493 e. The van der Waals surface area contributed by atoms with Crippen LogP contribution in [0.4, 0.5) is 0 Å². The molecule has 0 saturated carbocycles. The van der Waals surface area contributed by atoms with Gasteiger partial charge in [0.05, 0.1) is 18.8 Å². The van der Waals surface area contributed by atoms with Gasteiger partial charge in [-0.05, 0) is 67.3 Å². The van der Waals surface area contributed by atoms with E-state index in [0.29, 0.717) is 6.61 Å². The zero-order chi connectivity index (χ0) is 25.3. The van der Waals surface area contributed by atoms with E-state index in [0.717, 1.165) is 47.4 Å². The van der Waals surface area contributed by atoms with Crippen molar-refractivity contribution in [1.82, 2.24) is 0 Å². The predicted molar refractivity (Wildman–Crippen MR) is 139 cm³/mol. The van der Waals surface area contributed by atoms with E-state index in [1.54, 1.807) is 11.3 Å². The van der Waals surface area contributed by atoms with Gasteiger partial charge in [0, 0.05) is 16.9 Å². The van der Waals surface area contributed by atoms with Crippen LogP contribution in [0.15, 0.2) is 66.0 Å². The predicted octanol–water partition coefficient (Wildman–Crippen LogP) is 5.15. The SMILES string of the molecule is C[C@@](N)(COP(=O)(O)O)C(=O)Cc1ccc(OCCCCCc2ccccc2)c(-c2cccs2)c1. The summed E-state index contributed by atoms with van der Waals surface area (Å²) in [6.45, 7) is 1.44. The Labute approximate surface area is 210 Å². The van der Waals surface area contributed by atoms with Crippen molar-refractivity contribution in [2.24, 2.45) is 5.73 Å². The molecule has 0 aliphatic rings. The Hall–Kier alpha value is -2.32. The third-order valence-corrected chi connectivity index (χ3v) is 6.94. The Bertz CT molecular complexity index is 1130. The molecule has 2 aromatic carbocycles. The lowest BCUT2D eigenvalue weighted by Crippen LogP contribution is -2.49. The number of phosphoric acid groups is 1. The molecule has 1 atom stereocenters. The Balaban J connectivity index is 1.59. The molecular formula is C26H32NO6PS. The number of carbonyl (C=O) groups excluding carboxylic acids is 1. The number of benzene rings is 2. The van der Waals surface area contributed by atoms with Crippen LogP contribution in [0.5, 0.6) is 5.75 Å². The van der Waals surface area contributed by atoms with Gasteiger partial charge < -0.3 is 20.3 Å². The number of thiophene rings is 1. The minimum absolute atomic E-state index is 0.00958. The average molecular weight is 518 g/mol. The first kappa shape index (κ1) is 27.3. The molecule has 35 heavy (non-hydrogen) atoms. The Morgan fingerprint density at radius 2 is 1.80 bits per heavy atom. The van der Waals surface area contributed by atoms with Crippen LogP contribution in [0.1, 0.15) is 37.3 Å². The van der Waals surface area contributed by atoms with Crippen molar-refractivity contribution in [3.63, 3.8) is 0 Å². The van der Waals surface area contributed by atoms with E-state index in [1.165, 1.54) is 12.5 Å². The molecule has 0 bridgehead atoms. The van der Waals surface area contributed by atoms with Crippen molar-refractivity contribution in [2.45, 2.75) is 44.6 Å². The molecule has 0 spiro atoms. The summed E-state index contributed by atoms with van der Waals surface area (Å²) >= 11 is 1.58. The van der Waals surface area contributed by atoms with Crippen molar-refractivity contribution in [3.8, 4) is 16.2 Å². The number of ether oxygens (including phenoxy) is 1. The quantitative estimate of drug-likeness (QED) is 0.200. The molecule has 0 radical (unpaired) electrons. The molecule has 0 saturated heterocycles. The summed E-state index contributed by atoms with van der Waals surface area (Å²) in [6.07, 6.45) is 4.19. The van der Waals surface area contributed by atoms with Gasteiger partial charge >= 0.3 is 7.82 Å². The van der Waals surface area contributed by atoms with E-state index in [1.807, 2.05) is 41.8 Å². The molecule has 0 aliphatic heterocycles. The number of Topliss-reactive ketones (excluding diaryl/α,β-unsaturated/α-hetero) is 1. The highest BCUT2D eigenvalue weighted by Gasteiger charge is 2.31. The molecule has 0 aliphatic carbocycles. The third-order valence-electron chi connectivity index (χ3n) is 5.58. The molecule has 0 amide bonds. The lowest BCUT2D eigenvalue weighted by molar-refractivity contribution is -0.124. The second-order valence-electron chi connectivity index (χ2n) is 8.73. The van der Waals surface area contributed by atoms with Gasteiger partial charge in [0.25, 0.3) is 0 Å². The molecule has 7 nitrogen and oxygen atoms in total. The van der Waals surface area contributed by atoms with Crippen molar-refractivity contribution in [2.75, 3.05) is 13.2 Å². The van der Waals surface area contributed by atoms with Crippen LogP contribution in [0.2, 0.25) is 0 Å². The summed E-state index contributed by atoms with van der Waals surface area (Å²) in [7, 11) is -4.71. The number of hydrogen-bond acceptors (Lipinski definition) is 6. The van der Waals surface area contributed by atoms with Crippen LogP contribution in [0.25, 0.3) is 10.4 Å². The summed E-state index contributed by atoms with van der Waals surface area (Å²) in [6, 6.07) is 20.0. The maximum atomic E-state index is 12.7. The fraction of sp³-hybridized carbons (Fsp3) is 0.346. The second-order valence-corrected chi connectivity index (χ2v) is 10.9. The van der Waals surface area contributed by atoms with Crippen LogP contribution < -0.4 is 10.5 Å². The number of phosphoric ester groups is 1. The first-order valence-corrected chi connectivity index (χ1v) is 13.9. The van der Waals surface area contributed by atoms with Gasteiger partial charge in [-0.1, -0.05) is 42.5 Å². The highest BCUT2D eigenvalue weighted by Crippen LogP contribution is 2.37. The fourth-order valence-corrected chi connectivity index (χ4v) is 4.74. The zero-order valence-corrected chi connectivity index (χ0v) is 21.5. The van der Waals surface area contributed by atoms with Gasteiger partial charge in [-0.25, -0.2) is 4.57 Å². The number of nitrogens with two attached hydrogens (primary N) is 1. The lowest BCUT2D eigenvalue weighted by Gasteiger charge is -2.23. The number of hydrogen-bond donors (Lipinski definition) is 3. The molecule has 1 heterocycles. The van der Waals surface area contributed by atoms with Gasteiger partial charge in [-0.2, -0.15) is 0 Å². The molecule has 3 rings (SSSR count). The van der Waals surface area contributed by atoms with Crippen molar-refractivity contribution in [1.29, 1.82) is 0 Å². The monoisotopic (exact) mass is 517 g/mol. The van der Waals surface area contributed by atoms with Crippen LogP contribution >= 0.6 is 19.2 Å². The van der Waals surface area contributed by atoms with Crippen molar-refractivity contribution >= 4 is 24.9 Å². The van der Waals surface area contributed by atoms with Gasteiger partial charge in [0.2, 0.25) is 0 Å². The molecule has 3 aromatic rings. The maximum absolute atomic E-state index is 12.7. The third kappa shape index (κ3) is 9.00. The Morgan fingerprint density at radius 3 is 2.49 bits per heavy atom. The first-order valence-electron chi connectivity index (χ1n) is 11.5. The summed E-state index contributed by atoms with van der Waals surface area (Å²) in [5, 5.41) is 1.98. The van der Waals surface area contributed by atoms with Crippen molar-refractivity contribution in [3.05, 3.63) is 77.2 Å². The van der Waals surface area contributed by atoms with Crippen LogP contribution in [0.3, 0.4) is 0 Å². The largest absolute Gasteiger partial charge is 0.493 e. The molecule has 4 N–H and O–H groups in total. The van der Waals surface area contributed by atoms with Crippen LogP contribution in [-0.2, 0) is 26.7 Å². The van der Waals surface area contributed by atoms with Crippen LogP contribution in [0, 0.1) is 0 Å². The van der Waals surface area contributed by atoms with Gasteiger partial charge in [0.1, 0.15) is 5.75 Å².